The van der Waals surface area contributed by atoms with Gasteiger partial charge in [-0.05, 0) is 51.0 Å². The highest BCUT2D eigenvalue weighted by Crippen LogP contribution is 2.16. The third-order valence-electron chi connectivity index (χ3n) is 8.61. The van der Waals surface area contributed by atoms with Gasteiger partial charge in [-0.3, -0.25) is 14.4 Å². The van der Waals surface area contributed by atoms with Crippen LogP contribution in [-0.4, -0.2) is 35.6 Å². The van der Waals surface area contributed by atoms with Crippen LogP contribution in [-0.2, 0) is 19.1 Å². The van der Waals surface area contributed by atoms with E-state index >= 15 is 0 Å². The second-order valence-corrected chi connectivity index (χ2v) is 13.2. The fourth-order valence-electron chi connectivity index (χ4n) is 5.70. The molecule has 0 radical (unpaired) electrons. The molecule has 0 heterocycles. The maximum Gasteiger partial charge on any atom is 0.322 e. The number of ether oxygens (including phenoxy) is 1. The smallest absolute Gasteiger partial charge is 0.322 e. The van der Waals surface area contributed by atoms with Crippen molar-refractivity contribution in [3.05, 3.63) is 24.3 Å². The van der Waals surface area contributed by atoms with Crippen molar-refractivity contribution in [1.82, 2.24) is 5.32 Å². The van der Waals surface area contributed by atoms with Gasteiger partial charge in [-0.1, -0.05) is 160 Å². The van der Waals surface area contributed by atoms with E-state index in [1.165, 1.54) is 103 Å². The molecule has 0 aliphatic rings. The maximum absolute atomic E-state index is 12.6. The highest BCUT2D eigenvalue weighted by Gasteiger charge is 2.11. The van der Waals surface area contributed by atoms with Gasteiger partial charge in [0.2, 0.25) is 5.91 Å². The first-order valence-corrected chi connectivity index (χ1v) is 19.5. The van der Waals surface area contributed by atoms with E-state index in [1.54, 1.807) is 0 Å². The molecular weight excluding hydrogens is 574 g/mol. The van der Waals surface area contributed by atoms with E-state index in [9.17, 15) is 14.4 Å². The van der Waals surface area contributed by atoms with E-state index in [1.807, 2.05) is 0 Å². The van der Waals surface area contributed by atoms with Crippen molar-refractivity contribution in [2.45, 2.75) is 206 Å². The van der Waals surface area contributed by atoms with Gasteiger partial charge in [-0.15, -0.1) is 0 Å². The van der Waals surface area contributed by atoms with Gasteiger partial charge in [0.05, 0.1) is 0 Å². The van der Waals surface area contributed by atoms with E-state index < -0.39 is 5.97 Å². The highest BCUT2D eigenvalue weighted by molar-refractivity contribution is 5.80. The number of esters is 1. The lowest BCUT2D eigenvalue weighted by Gasteiger charge is -2.14. The number of hydrogen-bond acceptors (Lipinski definition) is 4. The first kappa shape index (κ1) is 43.9. The third kappa shape index (κ3) is 34.8. The largest absolute Gasteiger partial charge is 0.480 e. The summed E-state index contributed by atoms with van der Waals surface area (Å²) < 4.78 is 5.90. The summed E-state index contributed by atoms with van der Waals surface area (Å²) in [6, 6.07) is 0. The van der Waals surface area contributed by atoms with E-state index in [0.717, 1.165) is 70.6 Å². The van der Waals surface area contributed by atoms with Crippen molar-refractivity contribution in [2.75, 3.05) is 6.54 Å². The molecule has 268 valence electrons. The predicted octanol–water partition coefficient (Wildman–Crippen LogP) is 11.6. The molecule has 6 nitrogen and oxygen atoms in total. The van der Waals surface area contributed by atoms with Gasteiger partial charge in [-0.2, -0.15) is 0 Å². The van der Waals surface area contributed by atoms with Crippen LogP contribution in [0.2, 0.25) is 0 Å². The first-order valence-electron chi connectivity index (χ1n) is 19.5. The van der Waals surface area contributed by atoms with Gasteiger partial charge in [0.25, 0.3) is 0 Å². The quantitative estimate of drug-likeness (QED) is 0.0405. The Morgan fingerprint density at radius 1 is 0.587 bits per heavy atom. The molecular formula is C40H73NO5. The zero-order chi connectivity index (χ0) is 33.8. The van der Waals surface area contributed by atoms with E-state index in [4.69, 9.17) is 9.84 Å². The minimum Gasteiger partial charge on any atom is -0.480 e. The van der Waals surface area contributed by atoms with Crippen LogP contribution in [0.3, 0.4) is 0 Å². The molecule has 1 amide bonds. The summed E-state index contributed by atoms with van der Waals surface area (Å²) in [5, 5.41) is 11.0. The number of unbranched alkanes of at least 4 members (excludes halogenated alkanes) is 22. The summed E-state index contributed by atoms with van der Waals surface area (Å²) in [7, 11) is 0. The molecule has 6 heteroatoms. The standard InChI is InChI=1S/C40H73NO5/c1-3-5-7-9-11-13-14-15-16-17-18-19-21-27-31-35-40(45)46-37(32-28-24-20-12-10-8-6-4-2)33-29-25-22-23-26-30-34-38(42)41-36-39(43)44/h12,20,28,32,37H,3-11,13-19,21-27,29-31,33-36H2,1-2H3,(H,41,42)(H,43,44)/b20-12-,32-28-. The Morgan fingerprint density at radius 3 is 1.61 bits per heavy atom. The minimum atomic E-state index is -1.02. The Balaban J connectivity index is 4.12. The second-order valence-electron chi connectivity index (χ2n) is 13.2. The van der Waals surface area contributed by atoms with Crippen LogP contribution in [0, 0.1) is 0 Å². The number of carboxylic acid groups (broad SMARTS) is 1. The van der Waals surface area contributed by atoms with Gasteiger partial charge in [0, 0.05) is 12.8 Å². The van der Waals surface area contributed by atoms with Crippen LogP contribution in [0.25, 0.3) is 0 Å². The number of carbonyl (C=O) groups excluding carboxylic acids is 2. The summed E-state index contributed by atoms with van der Waals surface area (Å²) in [5.74, 6) is -1.28. The van der Waals surface area contributed by atoms with E-state index in [0.29, 0.717) is 12.8 Å². The Labute approximate surface area is 284 Å². The van der Waals surface area contributed by atoms with Crippen molar-refractivity contribution in [3.8, 4) is 0 Å². The lowest BCUT2D eigenvalue weighted by molar-refractivity contribution is -0.147. The molecule has 0 saturated carbocycles. The van der Waals surface area contributed by atoms with Crippen molar-refractivity contribution in [1.29, 1.82) is 0 Å². The normalized spacial score (nSPS) is 12.2. The molecule has 0 aliphatic carbocycles. The summed E-state index contributed by atoms with van der Waals surface area (Å²) in [6.45, 7) is 4.19. The van der Waals surface area contributed by atoms with Gasteiger partial charge >= 0.3 is 11.9 Å². The van der Waals surface area contributed by atoms with Crippen LogP contribution in [0.4, 0.5) is 0 Å². The first-order chi connectivity index (χ1) is 22.5. The third-order valence-corrected chi connectivity index (χ3v) is 8.61. The molecule has 1 atom stereocenters. The fraction of sp³-hybridized carbons (Fsp3) is 0.825. The zero-order valence-corrected chi connectivity index (χ0v) is 30.2. The minimum absolute atomic E-state index is 0.0689. The number of carboxylic acids is 1. The monoisotopic (exact) mass is 648 g/mol. The Bertz CT molecular complexity index is 763. The van der Waals surface area contributed by atoms with Gasteiger partial charge in [0.1, 0.15) is 12.6 Å². The number of amides is 1. The topological polar surface area (TPSA) is 92.7 Å². The molecule has 1 unspecified atom stereocenters. The number of rotatable bonds is 35. The van der Waals surface area contributed by atoms with Gasteiger partial charge in [0.15, 0.2) is 0 Å². The predicted molar refractivity (Wildman–Crippen MR) is 194 cm³/mol. The zero-order valence-electron chi connectivity index (χ0n) is 30.2. The maximum atomic E-state index is 12.6. The van der Waals surface area contributed by atoms with Gasteiger partial charge in [-0.25, -0.2) is 0 Å². The number of hydrogen-bond donors (Lipinski definition) is 2. The summed E-state index contributed by atoms with van der Waals surface area (Å²) in [6.07, 6.45) is 41.7. The molecule has 2 N–H and O–H groups in total. The van der Waals surface area contributed by atoms with Crippen LogP contribution >= 0.6 is 0 Å². The van der Waals surface area contributed by atoms with Crippen LogP contribution in [0.15, 0.2) is 24.3 Å². The van der Waals surface area contributed by atoms with Crippen LogP contribution in [0.5, 0.6) is 0 Å². The highest BCUT2D eigenvalue weighted by atomic mass is 16.5. The van der Waals surface area contributed by atoms with E-state index in [2.05, 4.69) is 43.5 Å². The molecule has 0 aromatic carbocycles. The van der Waals surface area contributed by atoms with Crippen molar-refractivity contribution >= 4 is 17.8 Å². The molecule has 0 rings (SSSR count). The molecule has 0 fully saturated rings. The molecule has 0 aromatic rings. The van der Waals surface area contributed by atoms with Crippen molar-refractivity contribution in [2.24, 2.45) is 0 Å². The van der Waals surface area contributed by atoms with Crippen LogP contribution in [0.1, 0.15) is 200 Å². The fourth-order valence-corrected chi connectivity index (χ4v) is 5.70. The number of allylic oxidation sites excluding steroid dienone is 3. The second kappa shape index (κ2) is 35.7. The summed E-state index contributed by atoms with van der Waals surface area (Å²) in [4.78, 5) is 34.8. The van der Waals surface area contributed by atoms with Crippen molar-refractivity contribution < 1.29 is 24.2 Å². The Morgan fingerprint density at radius 2 is 1.07 bits per heavy atom. The number of aliphatic carboxylic acids is 1. The van der Waals surface area contributed by atoms with Crippen molar-refractivity contribution in [3.63, 3.8) is 0 Å². The molecule has 0 aromatic heterocycles. The summed E-state index contributed by atoms with van der Waals surface area (Å²) >= 11 is 0. The lowest BCUT2D eigenvalue weighted by atomic mass is 10.0. The molecule has 0 aliphatic heterocycles. The molecule has 46 heavy (non-hydrogen) atoms. The van der Waals surface area contributed by atoms with Crippen LogP contribution < -0.4 is 5.32 Å². The Kier molecular flexibility index (Phi) is 34.1. The molecule has 0 spiro atoms. The molecule has 0 bridgehead atoms. The van der Waals surface area contributed by atoms with Gasteiger partial charge < -0.3 is 15.2 Å². The molecule has 0 saturated heterocycles. The van der Waals surface area contributed by atoms with E-state index in [-0.39, 0.29) is 24.5 Å². The lowest BCUT2D eigenvalue weighted by Crippen LogP contribution is -2.28. The average Bonchev–Trinajstić information content (AvgIpc) is 3.04. The Hall–Kier alpha value is -2.11. The summed E-state index contributed by atoms with van der Waals surface area (Å²) in [5.41, 5.74) is 0. The number of carbonyl (C=O) groups is 3. The SMILES string of the molecule is CCCCC/C=C\C/C=C\C(CCCCCCCCC(=O)NCC(=O)O)OC(=O)CCCCCCCCCCCCCCCCC. The average molecular weight is 648 g/mol. The number of nitrogens with one attached hydrogen (secondary N) is 1.